The van der Waals surface area contributed by atoms with Crippen LogP contribution in [0.15, 0.2) is 190 Å². The van der Waals surface area contributed by atoms with E-state index >= 15 is 0 Å². The molecule has 3 fully saturated rings. The van der Waals surface area contributed by atoms with E-state index in [0.717, 1.165) is 187 Å². The molecule has 0 aliphatic carbocycles. The third kappa shape index (κ3) is 23.5. The second-order valence-electron chi connectivity index (χ2n) is 37.1. The van der Waals surface area contributed by atoms with Crippen LogP contribution in [0.4, 0.5) is 52.2 Å². The second kappa shape index (κ2) is 42.2. The number of aryl methyl sites for hydroxylation is 4. The van der Waals surface area contributed by atoms with E-state index < -0.39 is 0 Å². The number of H-pyrrole nitrogens is 4. The summed E-state index contributed by atoms with van der Waals surface area (Å²) in [7, 11) is 16.1. The van der Waals surface area contributed by atoms with Crippen molar-refractivity contribution in [3.63, 3.8) is 0 Å². The molecule has 720 valence electrons. The first-order valence-electron chi connectivity index (χ1n) is 46.5. The molecule has 0 spiro atoms. The van der Waals surface area contributed by atoms with Gasteiger partial charge in [0.1, 0.15) is 39.9 Å². The highest BCUT2D eigenvalue weighted by atomic mass is 35.5. The Labute approximate surface area is 828 Å². The van der Waals surface area contributed by atoms with E-state index in [0.29, 0.717) is 113 Å². The molecule has 4 aliphatic rings. The lowest BCUT2D eigenvalue weighted by atomic mass is 9.92. The smallest absolute Gasteiger partial charge is 0.272 e. The van der Waals surface area contributed by atoms with Gasteiger partial charge in [-0.25, -0.2) is 59.8 Å². The lowest BCUT2D eigenvalue weighted by Crippen LogP contribution is -2.51. The molecular weight excluding hydrogens is 1850 g/mol. The summed E-state index contributed by atoms with van der Waals surface area (Å²) in [5.41, 5.74) is 16.9. The Balaban J connectivity index is 0.000000124. The van der Waals surface area contributed by atoms with Gasteiger partial charge in [0.25, 0.3) is 17.7 Å². The molecule has 3 amide bonds. The molecule has 1 atom stereocenters. The number of Topliss-reactive ketones (excluding diaryl/α,β-unsaturated/α-hetero) is 1. The second-order valence-corrected chi connectivity index (χ2v) is 38.8. The average Bonchev–Trinajstić information content (AvgIpc) is 1.62. The molecule has 4 aliphatic heterocycles. The zero-order chi connectivity index (χ0) is 97.6. The third-order valence-electron chi connectivity index (χ3n) is 25.2. The maximum Gasteiger partial charge on any atom is 0.272 e. The number of fused-ring (bicyclic) bond motifs is 5. The van der Waals surface area contributed by atoms with Gasteiger partial charge in [-0.3, -0.25) is 19.2 Å². The maximum atomic E-state index is 13.1. The van der Waals surface area contributed by atoms with Crippen LogP contribution in [0, 0.1) is 5.92 Å². The largest absolute Gasteiger partial charge is 0.351 e. The van der Waals surface area contributed by atoms with Crippen LogP contribution in [0.25, 0.3) is 89.2 Å². The van der Waals surface area contributed by atoms with E-state index in [-0.39, 0.29) is 29.0 Å². The van der Waals surface area contributed by atoms with Crippen molar-refractivity contribution in [3.05, 3.63) is 244 Å². The van der Waals surface area contributed by atoms with E-state index in [1.165, 1.54) is 24.0 Å². The number of nitrogens with zero attached hydrogens (tertiary/aromatic N) is 21. The van der Waals surface area contributed by atoms with Crippen molar-refractivity contribution in [2.75, 3.05) is 114 Å². The number of amides is 3. The van der Waals surface area contributed by atoms with Crippen molar-refractivity contribution in [1.82, 2.24) is 128 Å². The van der Waals surface area contributed by atoms with Gasteiger partial charge in [0.05, 0.1) is 95.9 Å². The number of aromatic nitrogens is 20. The number of likely N-dealkylation sites (tertiary alicyclic amines) is 3. The van der Waals surface area contributed by atoms with Gasteiger partial charge in [0.15, 0.2) is 5.78 Å². The first-order chi connectivity index (χ1) is 67.5. The summed E-state index contributed by atoms with van der Waals surface area (Å²) in [5, 5.41) is 24.4. The fourth-order valence-electron chi connectivity index (χ4n) is 18.1. The van der Waals surface area contributed by atoms with Gasteiger partial charge in [-0.05, 0) is 239 Å². The number of nitrogens with one attached hydrogen (secondary N) is 10. The van der Waals surface area contributed by atoms with Gasteiger partial charge in [-0.15, -0.1) is 0 Å². The Kier molecular flexibility index (Phi) is 28.9. The Morgan fingerprint density at radius 1 is 0.407 bits per heavy atom. The number of piperidine rings is 2. The van der Waals surface area contributed by atoms with Crippen molar-refractivity contribution in [1.29, 1.82) is 0 Å². The first kappa shape index (κ1) is 96.0. The van der Waals surface area contributed by atoms with Gasteiger partial charge < -0.3 is 94.6 Å². The van der Waals surface area contributed by atoms with E-state index in [9.17, 15) is 19.2 Å². The summed E-state index contributed by atoms with van der Waals surface area (Å²) < 4.78 is 7.47. The van der Waals surface area contributed by atoms with Crippen LogP contribution in [0.3, 0.4) is 0 Å². The molecule has 140 heavy (non-hydrogen) atoms. The Morgan fingerprint density at radius 3 is 1.21 bits per heavy atom. The fraction of sp³-hybridized carbons (Fsp3) is 0.307. The van der Waals surface area contributed by atoms with Crippen LogP contribution in [-0.4, -0.2) is 245 Å². The van der Waals surface area contributed by atoms with E-state index in [1.54, 1.807) is 74.4 Å². The molecule has 35 nitrogen and oxygen atoms in total. The van der Waals surface area contributed by atoms with E-state index in [2.05, 4.69) is 185 Å². The minimum Gasteiger partial charge on any atom is -0.351 e. The van der Waals surface area contributed by atoms with Crippen molar-refractivity contribution in [2.24, 2.45) is 34.1 Å². The minimum atomic E-state index is -0.342. The summed E-state index contributed by atoms with van der Waals surface area (Å²) >= 11 is 26.2. The monoisotopic (exact) mass is 1960 g/mol. The molecule has 39 heteroatoms. The number of rotatable bonds is 23. The Bertz CT molecular complexity index is 7390. The SMILES string of the molecule is CN(C)C1CCN(C(=O)c2cc3cc(Nc4nccc(-c5cn(C)cn5)n4)cc(Cl)c3[nH]2)CC1.CN1CCCC(CC(=O)c2cc3cc(Nc4nccc(-c5cn(C)cn5)n4)cc(Cl)c3[nH]2)C1.CN1CCc2ccc(NC(=O)c3cc4cc(Nc5nccc(-c6cn(C)cn6)n5)cc(Cl)c4[nH]3)cc2CC1.Cn1cnc(-c2ccnc(Nc3cc(Cl)c4[nH]c(C(=O)NC(C)(C)CN5CCCC5)cc4c3)n2)c1. The summed E-state index contributed by atoms with van der Waals surface area (Å²) in [5.74, 6) is 1.90. The molecule has 0 radical (unpaired) electrons. The molecule has 5 aromatic carbocycles. The number of likely N-dealkylation sites (N-methyl/N-ethyl adjacent to an activating group) is 1. The van der Waals surface area contributed by atoms with Gasteiger partial charge in [-0.1, -0.05) is 52.5 Å². The van der Waals surface area contributed by atoms with Crippen LogP contribution in [-0.2, 0) is 41.0 Å². The number of carbonyl (C=O) groups excluding carboxylic acids is 4. The Hall–Kier alpha value is -14.3. The zero-order valence-corrected chi connectivity index (χ0v) is 82.3. The third-order valence-corrected chi connectivity index (χ3v) is 26.4. The predicted octanol–water partition coefficient (Wildman–Crippen LogP) is 18.0. The number of hydrogen-bond acceptors (Lipinski definition) is 24. The molecule has 12 aromatic heterocycles. The van der Waals surface area contributed by atoms with Crippen LogP contribution in [0.5, 0.6) is 0 Å². The molecule has 17 aromatic rings. The summed E-state index contributed by atoms with van der Waals surface area (Å²) in [6, 6.07) is 36.2. The number of carbonyl (C=O) groups is 4. The molecular formula is C101H109Cl4N31O4. The maximum absolute atomic E-state index is 13.1. The highest BCUT2D eigenvalue weighted by molar-refractivity contribution is 6.37. The molecule has 0 saturated carbocycles. The van der Waals surface area contributed by atoms with Crippen LogP contribution >= 0.6 is 46.4 Å². The van der Waals surface area contributed by atoms with Crippen LogP contribution in [0.2, 0.25) is 20.1 Å². The number of ketones is 1. The summed E-state index contributed by atoms with van der Waals surface area (Å²) in [6.45, 7) is 12.8. The van der Waals surface area contributed by atoms with E-state index in [4.69, 9.17) is 46.4 Å². The van der Waals surface area contributed by atoms with Crippen LogP contribution in [0.1, 0.15) is 112 Å². The normalized spacial score (nSPS) is 14.9. The number of imidazole rings is 4. The number of benzene rings is 5. The Morgan fingerprint density at radius 2 is 0.800 bits per heavy atom. The van der Waals surface area contributed by atoms with Gasteiger partial charge in [0.2, 0.25) is 23.8 Å². The molecule has 21 rings (SSSR count). The van der Waals surface area contributed by atoms with Crippen molar-refractivity contribution in [2.45, 2.75) is 83.2 Å². The van der Waals surface area contributed by atoms with Crippen molar-refractivity contribution >= 4 is 166 Å². The van der Waals surface area contributed by atoms with Crippen LogP contribution < -0.4 is 31.9 Å². The topological polar surface area (TPSA) is 394 Å². The molecule has 10 N–H and O–H groups in total. The lowest BCUT2D eigenvalue weighted by Gasteiger charge is -2.35. The minimum absolute atomic E-state index is 0.00498. The van der Waals surface area contributed by atoms with Crippen molar-refractivity contribution in [3.8, 4) is 45.6 Å². The molecule has 0 bridgehead atoms. The first-order valence-corrected chi connectivity index (χ1v) is 48.0. The van der Waals surface area contributed by atoms with E-state index in [1.807, 2.05) is 155 Å². The lowest BCUT2D eigenvalue weighted by molar-refractivity contribution is 0.0658. The quantitative estimate of drug-likeness (QED) is 0.0266. The predicted molar refractivity (Wildman–Crippen MR) is 552 cm³/mol. The zero-order valence-electron chi connectivity index (χ0n) is 79.3. The van der Waals surface area contributed by atoms with Gasteiger partial charge in [0, 0.05) is 185 Å². The number of anilines is 9. The van der Waals surface area contributed by atoms with Crippen molar-refractivity contribution < 1.29 is 19.2 Å². The molecule has 3 saturated heterocycles. The van der Waals surface area contributed by atoms with Gasteiger partial charge >= 0.3 is 0 Å². The fourth-order valence-corrected chi connectivity index (χ4v) is 19.2. The molecule has 1 unspecified atom stereocenters. The highest BCUT2D eigenvalue weighted by Gasteiger charge is 2.31. The number of aromatic amines is 4. The number of hydrogen-bond donors (Lipinski definition) is 10. The summed E-state index contributed by atoms with van der Waals surface area (Å²) in [6.07, 6.45) is 30.4. The number of halogens is 4. The molecule has 16 heterocycles. The standard InChI is InChI=1S/C28H27ClN8O.C25H29ClN8O.C24H27ClN8O.C24H26ClN7O/c1-36-9-6-17-3-4-20(11-18(17)7-10-36)32-27(38)24-13-19-12-21(14-22(29)26(19)34-24)33-28-30-8-5-23(35-28)25-15-37(2)16-31-25;1-25(2,14-34-8-4-5-9-34)32-23(35)20-11-16-10-17(12-18(26)22(16)30-20)29-24-27-7-6-19(31-24)21-13-33(3)15-28-21;1-31(2)17-5-8-33(9-6-17)23(34)20-11-15-10-16(12-18(25)22(15)29-20)28-24-26-7-4-19(30-24)21-13-32(3)14-27-21;1-31-7-3-4-15(12-31)8-22(33)20-10-16-9-17(11-18(25)23(16)29-20)28-24-26-6-5-19(30-24)21-13-32(2)14-27-21/h3-5,8,11-16,34H,6-7,9-10H2,1-2H3,(H,32,38)(H,30,33,35);6-7,10-13,15,30H,4-5,8-9,14H2,1-3H3,(H,32,35)(H,27,29,31);4,7,10-14,17,29H,5-6,8-9H2,1-3H3,(H,26,28,30);5-6,9-11,13-15,29H,3-4,7-8,12H2,1-2H3,(H,26,28,30). The average molecular weight is 1960 g/mol. The highest BCUT2D eigenvalue weighted by Crippen LogP contribution is 2.38. The summed E-state index contributed by atoms with van der Waals surface area (Å²) in [4.78, 5) is 129. The van der Waals surface area contributed by atoms with Gasteiger partial charge in [-0.2, -0.15) is 0 Å².